The van der Waals surface area contributed by atoms with Crippen molar-refractivity contribution in [2.45, 2.75) is 39.3 Å². The molecular formula is C22H22N2O5. The second-order valence-electron chi connectivity index (χ2n) is 6.87. The van der Waals surface area contributed by atoms with E-state index in [-0.39, 0.29) is 23.9 Å². The quantitative estimate of drug-likeness (QED) is 0.753. The Morgan fingerprint density at radius 2 is 1.86 bits per heavy atom. The number of benzene rings is 1. The van der Waals surface area contributed by atoms with E-state index in [1.54, 1.807) is 69.4 Å². The summed E-state index contributed by atoms with van der Waals surface area (Å²) in [4.78, 5) is 43.0. The van der Waals surface area contributed by atoms with Crippen molar-refractivity contribution in [3.05, 3.63) is 71.3 Å². The first-order valence-electron chi connectivity index (χ1n) is 9.37. The van der Waals surface area contributed by atoms with E-state index in [4.69, 9.17) is 4.74 Å². The van der Waals surface area contributed by atoms with E-state index >= 15 is 0 Å². The molecule has 1 N–H and O–H groups in total. The molecule has 150 valence electrons. The number of rotatable bonds is 6. The number of hydrogen-bond acceptors (Lipinski definition) is 6. The SMILES string of the molecule is CCC(=O)C1=C(O)C(=O)N(c2ccc(C(=O)OC(C)C)cc2)C1c1ccccn1. The number of aliphatic hydroxyl groups excluding tert-OH is 1. The van der Waals surface area contributed by atoms with Gasteiger partial charge in [0.1, 0.15) is 6.04 Å². The highest BCUT2D eigenvalue weighted by molar-refractivity contribution is 6.16. The molecule has 0 saturated heterocycles. The highest BCUT2D eigenvalue weighted by Gasteiger charge is 2.44. The van der Waals surface area contributed by atoms with Gasteiger partial charge >= 0.3 is 5.97 Å². The van der Waals surface area contributed by atoms with Crippen molar-refractivity contribution in [2.75, 3.05) is 4.90 Å². The molecule has 2 heterocycles. The van der Waals surface area contributed by atoms with Gasteiger partial charge in [0.25, 0.3) is 5.91 Å². The average Bonchev–Trinajstić information content (AvgIpc) is 2.98. The highest BCUT2D eigenvalue weighted by Crippen LogP contribution is 2.40. The number of Topliss-reactive ketones (excluding diaryl/α,β-unsaturated/α-hetero) is 1. The Morgan fingerprint density at radius 1 is 1.17 bits per heavy atom. The first kappa shape index (κ1) is 20.3. The smallest absolute Gasteiger partial charge is 0.338 e. The number of amides is 1. The van der Waals surface area contributed by atoms with Crippen LogP contribution in [0.3, 0.4) is 0 Å². The second-order valence-corrected chi connectivity index (χ2v) is 6.87. The molecular weight excluding hydrogens is 372 g/mol. The molecule has 3 rings (SSSR count). The molecule has 1 unspecified atom stereocenters. The molecule has 1 atom stereocenters. The number of carbonyl (C=O) groups is 3. The molecule has 0 radical (unpaired) electrons. The van der Waals surface area contributed by atoms with Crippen LogP contribution in [0.5, 0.6) is 0 Å². The predicted molar refractivity (Wildman–Crippen MR) is 106 cm³/mol. The number of aliphatic hydroxyl groups is 1. The van der Waals surface area contributed by atoms with Crippen LogP contribution in [-0.4, -0.2) is 33.9 Å². The van der Waals surface area contributed by atoms with Gasteiger partial charge in [-0.2, -0.15) is 0 Å². The van der Waals surface area contributed by atoms with Gasteiger partial charge in [-0.05, 0) is 50.2 Å². The maximum atomic E-state index is 12.8. The van der Waals surface area contributed by atoms with E-state index < -0.39 is 23.7 Å². The molecule has 0 aliphatic carbocycles. The van der Waals surface area contributed by atoms with Crippen molar-refractivity contribution in [3.8, 4) is 0 Å². The number of anilines is 1. The van der Waals surface area contributed by atoms with Crippen LogP contribution >= 0.6 is 0 Å². The molecule has 0 saturated carbocycles. The summed E-state index contributed by atoms with van der Waals surface area (Å²) in [5, 5.41) is 10.4. The van der Waals surface area contributed by atoms with Gasteiger partial charge in [0.15, 0.2) is 11.5 Å². The minimum atomic E-state index is -0.843. The van der Waals surface area contributed by atoms with Crippen molar-refractivity contribution < 1.29 is 24.2 Å². The number of ketones is 1. The standard InChI is InChI=1S/C22H22N2O5/c1-4-17(25)18-19(16-7-5-6-12-23-16)24(21(27)20(18)26)15-10-8-14(9-11-15)22(28)29-13(2)3/h5-13,19,26H,4H2,1-3H3. The van der Waals surface area contributed by atoms with Gasteiger partial charge in [0, 0.05) is 18.3 Å². The summed E-state index contributed by atoms with van der Waals surface area (Å²) in [5.41, 5.74) is 1.26. The molecule has 1 amide bonds. The summed E-state index contributed by atoms with van der Waals surface area (Å²) < 4.78 is 5.17. The van der Waals surface area contributed by atoms with E-state index in [0.717, 1.165) is 0 Å². The zero-order chi connectivity index (χ0) is 21.1. The molecule has 1 aromatic heterocycles. The fourth-order valence-corrected chi connectivity index (χ4v) is 3.20. The van der Waals surface area contributed by atoms with Crippen LogP contribution in [0.4, 0.5) is 5.69 Å². The maximum Gasteiger partial charge on any atom is 0.338 e. The molecule has 1 aliphatic heterocycles. The normalized spacial score (nSPS) is 16.5. The Labute approximate surface area is 168 Å². The first-order chi connectivity index (χ1) is 13.8. The number of esters is 1. The summed E-state index contributed by atoms with van der Waals surface area (Å²) in [6.07, 6.45) is 1.45. The van der Waals surface area contributed by atoms with Gasteiger partial charge in [-0.15, -0.1) is 0 Å². The second kappa shape index (κ2) is 8.26. The van der Waals surface area contributed by atoms with E-state index in [0.29, 0.717) is 16.9 Å². The van der Waals surface area contributed by atoms with Gasteiger partial charge in [-0.3, -0.25) is 19.5 Å². The van der Waals surface area contributed by atoms with Crippen molar-refractivity contribution in [1.82, 2.24) is 4.98 Å². The van der Waals surface area contributed by atoms with Gasteiger partial charge in [-0.25, -0.2) is 4.79 Å². The number of hydrogen-bond donors (Lipinski definition) is 1. The van der Waals surface area contributed by atoms with Crippen LogP contribution in [0.1, 0.15) is 49.3 Å². The minimum absolute atomic E-state index is 0.0273. The number of carbonyl (C=O) groups excluding carboxylic acids is 3. The van der Waals surface area contributed by atoms with Crippen molar-refractivity contribution in [3.63, 3.8) is 0 Å². The zero-order valence-corrected chi connectivity index (χ0v) is 16.5. The molecule has 7 nitrogen and oxygen atoms in total. The van der Waals surface area contributed by atoms with E-state index in [2.05, 4.69) is 4.98 Å². The summed E-state index contributed by atoms with van der Waals surface area (Å²) in [6, 6.07) is 10.6. The molecule has 0 spiro atoms. The molecule has 1 aromatic carbocycles. The molecule has 29 heavy (non-hydrogen) atoms. The lowest BCUT2D eigenvalue weighted by molar-refractivity contribution is -0.118. The zero-order valence-electron chi connectivity index (χ0n) is 16.5. The molecule has 0 fully saturated rings. The van der Waals surface area contributed by atoms with Crippen molar-refractivity contribution in [1.29, 1.82) is 0 Å². The summed E-state index contributed by atoms with van der Waals surface area (Å²) in [7, 11) is 0. The summed E-state index contributed by atoms with van der Waals surface area (Å²) in [5.74, 6) is -2.06. The maximum absolute atomic E-state index is 12.8. The predicted octanol–water partition coefficient (Wildman–Crippen LogP) is 3.53. The van der Waals surface area contributed by atoms with Crippen molar-refractivity contribution in [2.24, 2.45) is 0 Å². The van der Waals surface area contributed by atoms with Gasteiger partial charge in [-0.1, -0.05) is 13.0 Å². The molecule has 7 heteroatoms. The lowest BCUT2D eigenvalue weighted by atomic mass is 9.98. The lowest BCUT2D eigenvalue weighted by Crippen LogP contribution is -2.31. The van der Waals surface area contributed by atoms with E-state index in [1.807, 2.05) is 0 Å². The third kappa shape index (κ3) is 3.89. The van der Waals surface area contributed by atoms with Crippen LogP contribution < -0.4 is 4.90 Å². The molecule has 1 aliphatic rings. The van der Waals surface area contributed by atoms with Crippen molar-refractivity contribution >= 4 is 23.3 Å². The molecule has 0 bridgehead atoms. The Balaban J connectivity index is 2.02. The average molecular weight is 394 g/mol. The first-order valence-corrected chi connectivity index (χ1v) is 9.37. The lowest BCUT2D eigenvalue weighted by Gasteiger charge is -2.26. The van der Waals surface area contributed by atoms with Gasteiger partial charge < -0.3 is 9.84 Å². The largest absolute Gasteiger partial charge is 0.503 e. The van der Waals surface area contributed by atoms with Gasteiger partial charge in [0.2, 0.25) is 0 Å². The number of nitrogens with zero attached hydrogens (tertiary/aromatic N) is 2. The van der Waals surface area contributed by atoms with Crippen LogP contribution in [0, 0.1) is 0 Å². The summed E-state index contributed by atoms with van der Waals surface area (Å²) in [6.45, 7) is 5.18. The molecule has 2 aromatic rings. The summed E-state index contributed by atoms with van der Waals surface area (Å²) >= 11 is 0. The van der Waals surface area contributed by atoms with E-state index in [9.17, 15) is 19.5 Å². The van der Waals surface area contributed by atoms with Crippen LogP contribution in [0.25, 0.3) is 0 Å². The third-order valence-corrected chi connectivity index (χ3v) is 4.52. The van der Waals surface area contributed by atoms with Crippen LogP contribution in [0.2, 0.25) is 0 Å². The third-order valence-electron chi connectivity index (χ3n) is 4.52. The van der Waals surface area contributed by atoms with Crippen LogP contribution in [0.15, 0.2) is 60.0 Å². The highest BCUT2D eigenvalue weighted by atomic mass is 16.5. The fraction of sp³-hybridized carbons (Fsp3) is 0.273. The number of ether oxygens (including phenoxy) is 1. The van der Waals surface area contributed by atoms with Crippen LogP contribution in [-0.2, 0) is 14.3 Å². The number of pyridine rings is 1. The van der Waals surface area contributed by atoms with E-state index in [1.165, 1.54) is 4.90 Å². The Hall–Kier alpha value is -3.48. The fourth-order valence-electron chi connectivity index (χ4n) is 3.20. The Morgan fingerprint density at radius 3 is 2.41 bits per heavy atom. The topological polar surface area (TPSA) is 96.8 Å². The Bertz CT molecular complexity index is 964. The van der Waals surface area contributed by atoms with Gasteiger partial charge in [0.05, 0.1) is 22.9 Å². The minimum Gasteiger partial charge on any atom is -0.503 e. The Kier molecular flexibility index (Phi) is 5.77. The number of aromatic nitrogens is 1. The monoisotopic (exact) mass is 394 g/mol.